The van der Waals surface area contributed by atoms with Crippen LogP contribution in [0.4, 0.5) is 8.78 Å². The zero-order chi connectivity index (χ0) is 10.0. The van der Waals surface area contributed by atoms with E-state index in [1.165, 1.54) is 12.1 Å². The standard InChI is InChI=1S/C8H7Cl2F2N/c9-4-2-1-3-5(10)6(4)7(13)8(11)12/h1-3,7-8H,13H2. The predicted octanol–water partition coefficient (Wildman–Crippen LogP) is 3.26. The molecule has 1 aromatic carbocycles. The van der Waals surface area contributed by atoms with Crippen molar-refractivity contribution in [1.29, 1.82) is 0 Å². The van der Waals surface area contributed by atoms with Crippen LogP contribution >= 0.6 is 23.2 Å². The van der Waals surface area contributed by atoms with Crippen LogP contribution < -0.4 is 5.73 Å². The lowest BCUT2D eigenvalue weighted by atomic mass is 10.1. The molecular formula is C8H7Cl2F2N. The Bertz CT molecular complexity index is 284. The summed E-state index contributed by atoms with van der Waals surface area (Å²) in [5, 5.41) is 0.334. The molecule has 0 heterocycles. The number of alkyl halides is 2. The molecule has 0 aromatic heterocycles. The molecule has 1 atom stereocenters. The van der Waals surface area contributed by atoms with Gasteiger partial charge in [0.05, 0.1) is 6.04 Å². The Hall–Kier alpha value is -0.380. The van der Waals surface area contributed by atoms with E-state index < -0.39 is 12.5 Å². The third-order valence-electron chi connectivity index (χ3n) is 1.60. The van der Waals surface area contributed by atoms with Crippen molar-refractivity contribution < 1.29 is 8.78 Å². The molecule has 1 nitrogen and oxygen atoms in total. The Kier molecular flexibility index (Phi) is 3.47. The van der Waals surface area contributed by atoms with Gasteiger partial charge in [0.2, 0.25) is 0 Å². The first-order valence-electron chi connectivity index (χ1n) is 3.51. The minimum Gasteiger partial charge on any atom is -0.319 e. The van der Waals surface area contributed by atoms with Gasteiger partial charge in [-0.2, -0.15) is 0 Å². The van der Waals surface area contributed by atoms with E-state index in [1.54, 1.807) is 6.07 Å². The molecular weight excluding hydrogens is 219 g/mol. The molecule has 5 heteroatoms. The van der Waals surface area contributed by atoms with E-state index in [2.05, 4.69) is 0 Å². The summed E-state index contributed by atoms with van der Waals surface area (Å²) in [6.07, 6.45) is -2.67. The van der Waals surface area contributed by atoms with Gasteiger partial charge in [0, 0.05) is 15.6 Å². The van der Waals surface area contributed by atoms with Gasteiger partial charge in [-0.05, 0) is 12.1 Å². The van der Waals surface area contributed by atoms with Gasteiger partial charge in [0.15, 0.2) is 0 Å². The molecule has 0 aliphatic heterocycles. The molecule has 0 amide bonds. The van der Waals surface area contributed by atoms with Crippen molar-refractivity contribution >= 4 is 23.2 Å². The van der Waals surface area contributed by atoms with Crippen LogP contribution in [0.3, 0.4) is 0 Å². The number of benzene rings is 1. The largest absolute Gasteiger partial charge is 0.319 e. The number of halogens is 4. The van der Waals surface area contributed by atoms with E-state index in [0.717, 1.165) is 0 Å². The van der Waals surface area contributed by atoms with Gasteiger partial charge < -0.3 is 5.73 Å². The van der Waals surface area contributed by atoms with E-state index >= 15 is 0 Å². The second-order valence-electron chi connectivity index (χ2n) is 2.50. The average Bonchev–Trinajstić information content (AvgIpc) is 2.03. The van der Waals surface area contributed by atoms with Crippen LogP contribution in [-0.2, 0) is 0 Å². The first-order valence-corrected chi connectivity index (χ1v) is 4.27. The number of rotatable bonds is 2. The number of nitrogens with two attached hydrogens (primary N) is 1. The van der Waals surface area contributed by atoms with Gasteiger partial charge >= 0.3 is 0 Å². The van der Waals surface area contributed by atoms with Crippen molar-refractivity contribution in [3.63, 3.8) is 0 Å². The van der Waals surface area contributed by atoms with Crippen molar-refractivity contribution in [2.24, 2.45) is 5.73 Å². The molecule has 0 saturated heterocycles. The number of hydrogen-bond donors (Lipinski definition) is 1. The van der Waals surface area contributed by atoms with E-state index in [-0.39, 0.29) is 15.6 Å². The second-order valence-corrected chi connectivity index (χ2v) is 3.31. The maximum atomic E-state index is 12.2. The first kappa shape index (κ1) is 10.7. The third-order valence-corrected chi connectivity index (χ3v) is 2.26. The highest BCUT2D eigenvalue weighted by molar-refractivity contribution is 6.36. The van der Waals surface area contributed by atoms with Gasteiger partial charge in [-0.3, -0.25) is 0 Å². The third kappa shape index (κ3) is 2.30. The zero-order valence-electron chi connectivity index (χ0n) is 6.48. The van der Waals surface area contributed by atoms with Crippen molar-refractivity contribution in [2.75, 3.05) is 0 Å². The summed E-state index contributed by atoms with van der Waals surface area (Å²) < 4.78 is 24.5. The normalized spacial score (nSPS) is 13.4. The molecule has 0 saturated carbocycles. The molecule has 0 fully saturated rings. The summed E-state index contributed by atoms with van der Waals surface area (Å²) in [6.45, 7) is 0. The Morgan fingerprint density at radius 1 is 1.15 bits per heavy atom. The van der Waals surface area contributed by atoms with Gasteiger partial charge in [-0.1, -0.05) is 29.3 Å². The van der Waals surface area contributed by atoms with Crippen LogP contribution in [0.1, 0.15) is 11.6 Å². The van der Waals surface area contributed by atoms with E-state index in [1.807, 2.05) is 0 Å². The fourth-order valence-electron chi connectivity index (χ4n) is 0.955. The smallest absolute Gasteiger partial charge is 0.257 e. The summed E-state index contributed by atoms with van der Waals surface area (Å²) >= 11 is 11.3. The topological polar surface area (TPSA) is 26.0 Å². The van der Waals surface area contributed by atoms with Crippen molar-refractivity contribution in [1.82, 2.24) is 0 Å². The van der Waals surface area contributed by atoms with E-state index in [4.69, 9.17) is 28.9 Å². The minimum absolute atomic E-state index is 0.0980. The molecule has 1 aromatic rings. The molecule has 72 valence electrons. The molecule has 0 aliphatic rings. The summed E-state index contributed by atoms with van der Waals surface area (Å²) in [7, 11) is 0. The highest BCUT2D eigenvalue weighted by atomic mass is 35.5. The lowest BCUT2D eigenvalue weighted by Crippen LogP contribution is -2.19. The molecule has 13 heavy (non-hydrogen) atoms. The first-order chi connectivity index (χ1) is 6.04. The average molecular weight is 226 g/mol. The van der Waals surface area contributed by atoms with E-state index in [9.17, 15) is 8.78 Å². The fraction of sp³-hybridized carbons (Fsp3) is 0.250. The zero-order valence-corrected chi connectivity index (χ0v) is 7.99. The Labute approximate surface area is 84.4 Å². The molecule has 0 bridgehead atoms. The quantitative estimate of drug-likeness (QED) is 0.822. The SMILES string of the molecule is NC(c1c(Cl)cccc1Cl)C(F)F. The molecule has 1 rings (SSSR count). The number of hydrogen-bond acceptors (Lipinski definition) is 1. The molecule has 2 N–H and O–H groups in total. The Morgan fingerprint density at radius 3 is 2.00 bits per heavy atom. The summed E-state index contributed by atoms with van der Waals surface area (Å²) in [4.78, 5) is 0. The van der Waals surface area contributed by atoms with Gasteiger partial charge in [-0.25, -0.2) is 8.78 Å². The van der Waals surface area contributed by atoms with Crippen molar-refractivity contribution in [3.8, 4) is 0 Å². The van der Waals surface area contributed by atoms with E-state index in [0.29, 0.717) is 0 Å². The van der Waals surface area contributed by atoms with Crippen LogP contribution in [0.25, 0.3) is 0 Å². The van der Waals surface area contributed by atoms with Gasteiger partial charge in [-0.15, -0.1) is 0 Å². The molecule has 0 spiro atoms. The van der Waals surface area contributed by atoms with Crippen LogP contribution in [0.5, 0.6) is 0 Å². The maximum Gasteiger partial charge on any atom is 0.257 e. The lowest BCUT2D eigenvalue weighted by molar-refractivity contribution is 0.116. The van der Waals surface area contributed by atoms with Crippen molar-refractivity contribution in [2.45, 2.75) is 12.5 Å². The van der Waals surface area contributed by atoms with Crippen LogP contribution in [0.15, 0.2) is 18.2 Å². The summed E-state index contributed by atoms with van der Waals surface area (Å²) in [5.74, 6) is 0. The summed E-state index contributed by atoms with van der Waals surface area (Å²) in [5.41, 5.74) is 5.32. The highest BCUT2D eigenvalue weighted by Crippen LogP contribution is 2.31. The monoisotopic (exact) mass is 225 g/mol. The fourth-order valence-corrected chi connectivity index (χ4v) is 1.60. The highest BCUT2D eigenvalue weighted by Gasteiger charge is 2.22. The lowest BCUT2D eigenvalue weighted by Gasteiger charge is -2.13. The maximum absolute atomic E-state index is 12.2. The second kappa shape index (κ2) is 4.22. The molecule has 0 radical (unpaired) electrons. The van der Waals surface area contributed by atoms with Crippen LogP contribution in [0.2, 0.25) is 10.0 Å². The van der Waals surface area contributed by atoms with Crippen molar-refractivity contribution in [3.05, 3.63) is 33.8 Å². The Morgan fingerprint density at radius 2 is 1.62 bits per heavy atom. The molecule has 0 aliphatic carbocycles. The van der Waals surface area contributed by atoms with Crippen LogP contribution in [-0.4, -0.2) is 6.43 Å². The predicted molar refractivity (Wildman–Crippen MR) is 49.4 cm³/mol. The van der Waals surface area contributed by atoms with Crippen LogP contribution in [0, 0.1) is 0 Å². The Balaban J connectivity index is 3.12. The minimum atomic E-state index is -2.67. The molecule has 1 unspecified atom stereocenters. The van der Waals surface area contributed by atoms with Gasteiger partial charge in [0.25, 0.3) is 6.43 Å². The van der Waals surface area contributed by atoms with Gasteiger partial charge in [0.1, 0.15) is 0 Å². The summed E-state index contributed by atoms with van der Waals surface area (Å²) in [6, 6.07) is 3.10.